The minimum Gasteiger partial charge on any atom is -0.206 e. The van der Waals surface area contributed by atoms with E-state index in [0.717, 1.165) is 0 Å². The van der Waals surface area contributed by atoms with Gasteiger partial charge in [-0.3, -0.25) is 0 Å². The Morgan fingerprint density at radius 1 is 1.35 bits per heavy atom. The molecule has 0 N–H and O–H groups in total. The van der Waals surface area contributed by atoms with E-state index in [1.54, 1.807) is 0 Å². The molecule has 0 aliphatic heterocycles. The van der Waals surface area contributed by atoms with Crippen LogP contribution < -0.4 is 0 Å². The van der Waals surface area contributed by atoms with Crippen molar-refractivity contribution in [3.63, 3.8) is 0 Å². The third-order valence-electron chi connectivity index (χ3n) is 2.56. The predicted molar refractivity (Wildman–Crippen MR) is 52.5 cm³/mol. The van der Waals surface area contributed by atoms with E-state index in [2.05, 4.69) is 0 Å². The molecule has 5 heteroatoms. The zero-order valence-corrected chi connectivity index (χ0v) is 8.75. The van der Waals surface area contributed by atoms with Gasteiger partial charge in [-0.25, -0.2) is 8.78 Å². The maximum absolute atomic E-state index is 14.0. The first-order valence-corrected chi connectivity index (χ1v) is 4.88. The zero-order valence-electron chi connectivity index (χ0n) is 12.8. The summed E-state index contributed by atoms with van der Waals surface area (Å²) in [6.45, 7) is 1.22. The van der Waals surface area contributed by atoms with E-state index >= 15 is 0 Å². The summed E-state index contributed by atoms with van der Waals surface area (Å²) < 4.78 is 96.6. The first-order valence-electron chi connectivity index (χ1n) is 6.88. The van der Waals surface area contributed by atoms with Crippen molar-refractivity contribution in [3.8, 4) is 0 Å². The third kappa shape index (κ3) is 2.15. The van der Waals surface area contributed by atoms with Crippen molar-refractivity contribution in [1.82, 2.24) is 0 Å². The summed E-state index contributed by atoms with van der Waals surface area (Å²) in [4.78, 5) is 0. The Morgan fingerprint density at radius 2 is 2.00 bits per heavy atom. The fourth-order valence-electron chi connectivity index (χ4n) is 1.76. The zero-order chi connectivity index (χ0) is 16.4. The van der Waals surface area contributed by atoms with Gasteiger partial charge in [0.15, 0.2) is 0 Å². The standard InChI is InChI=1S/C12H11F5/c1-6-2-3-8-7(4-6)5-9(13)10(11(8)14)12(15,16)17/h5-6H,2-4H2,1H3/i2D2,4D2. The summed E-state index contributed by atoms with van der Waals surface area (Å²) in [5.41, 5.74) is -3.42. The highest BCUT2D eigenvalue weighted by atomic mass is 19.4. The number of rotatable bonds is 0. The van der Waals surface area contributed by atoms with Crippen LogP contribution in [0.25, 0.3) is 0 Å². The van der Waals surface area contributed by atoms with E-state index in [1.165, 1.54) is 6.92 Å². The summed E-state index contributed by atoms with van der Waals surface area (Å²) in [5.74, 6) is -5.08. The van der Waals surface area contributed by atoms with Gasteiger partial charge in [0.25, 0.3) is 0 Å². The number of fused-ring (bicyclic) bond motifs is 1. The molecule has 0 spiro atoms. The molecule has 94 valence electrons. The van der Waals surface area contributed by atoms with Crippen molar-refractivity contribution in [3.05, 3.63) is 34.4 Å². The Bertz CT molecular complexity index is 594. The van der Waals surface area contributed by atoms with E-state index in [-0.39, 0.29) is 0 Å². The van der Waals surface area contributed by atoms with E-state index in [0.29, 0.717) is 6.07 Å². The number of benzene rings is 1. The monoisotopic (exact) mass is 254 g/mol. The van der Waals surface area contributed by atoms with E-state index in [9.17, 15) is 22.0 Å². The first-order chi connectivity index (χ1) is 9.30. The SMILES string of the molecule is [2H]C1([2H])Cc2c(cc(F)c(C(F)(F)F)c2F)C([2H])([2H])C1C. The largest absolute Gasteiger partial charge is 0.422 e. The summed E-state index contributed by atoms with van der Waals surface area (Å²) in [7, 11) is 0. The lowest BCUT2D eigenvalue weighted by molar-refractivity contribution is -0.142. The Hall–Kier alpha value is -1.13. The third-order valence-corrected chi connectivity index (χ3v) is 2.56. The molecule has 1 aromatic rings. The minimum absolute atomic E-state index is 0.326. The normalized spacial score (nSPS) is 29.6. The highest BCUT2D eigenvalue weighted by Crippen LogP contribution is 2.38. The Labute approximate surface area is 101 Å². The van der Waals surface area contributed by atoms with Crippen LogP contribution in [0.1, 0.15) is 35.5 Å². The van der Waals surface area contributed by atoms with Crippen LogP contribution in [0.15, 0.2) is 6.07 Å². The molecular weight excluding hydrogens is 239 g/mol. The molecule has 0 radical (unpaired) electrons. The van der Waals surface area contributed by atoms with Gasteiger partial charge in [-0.05, 0) is 42.3 Å². The summed E-state index contributed by atoms with van der Waals surface area (Å²) >= 11 is 0. The van der Waals surface area contributed by atoms with Gasteiger partial charge in [0, 0.05) is 5.48 Å². The van der Waals surface area contributed by atoms with Crippen LogP contribution in [0.2, 0.25) is 0 Å². The van der Waals surface area contributed by atoms with Crippen LogP contribution in [0.5, 0.6) is 0 Å². The maximum Gasteiger partial charge on any atom is 0.422 e. The Kier molecular flexibility index (Phi) is 1.88. The van der Waals surface area contributed by atoms with Gasteiger partial charge >= 0.3 is 6.18 Å². The molecule has 0 fully saturated rings. The van der Waals surface area contributed by atoms with Gasteiger partial charge in [0.2, 0.25) is 0 Å². The smallest absolute Gasteiger partial charge is 0.206 e. The lowest BCUT2D eigenvalue weighted by atomic mass is 9.83. The van der Waals surface area contributed by atoms with Crippen molar-refractivity contribution in [2.24, 2.45) is 5.92 Å². The highest BCUT2D eigenvalue weighted by molar-refractivity contribution is 5.38. The Morgan fingerprint density at radius 3 is 2.59 bits per heavy atom. The van der Waals surface area contributed by atoms with Crippen LogP contribution >= 0.6 is 0 Å². The van der Waals surface area contributed by atoms with Gasteiger partial charge in [0.05, 0.1) is 0 Å². The second-order valence-corrected chi connectivity index (χ2v) is 3.82. The van der Waals surface area contributed by atoms with Crippen molar-refractivity contribution >= 4 is 0 Å². The van der Waals surface area contributed by atoms with Crippen molar-refractivity contribution < 1.29 is 27.4 Å². The van der Waals surface area contributed by atoms with Crippen molar-refractivity contribution in [2.75, 3.05) is 0 Å². The maximum atomic E-state index is 14.0. The number of hydrogen-bond acceptors (Lipinski definition) is 0. The second-order valence-electron chi connectivity index (χ2n) is 3.82. The van der Waals surface area contributed by atoms with Crippen LogP contribution in [-0.4, -0.2) is 0 Å². The van der Waals surface area contributed by atoms with Gasteiger partial charge < -0.3 is 0 Å². The van der Waals surface area contributed by atoms with Crippen LogP contribution in [0.3, 0.4) is 0 Å². The Balaban J connectivity index is 2.80. The molecule has 1 atom stereocenters. The van der Waals surface area contributed by atoms with Gasteiger partial charge in [-0.2, -0.15) is 13.2 Å². The summed E-state index contributed by atoms with van der Waals surface area (Å²) in [6, 6.07) is 0.326. The molecule has 1 aliphatic carbocycles. The quantitative estimate of drug-likeness (QED) is 0.611. The average molecular weight is 254 g/mol. The van der Waals surface area contributed by atoms with Crippen molar-refractivity contribution in [1.29, 1.82) is 0 Å². The predicted octanol–water partition coefficient (Wildman–Crippen LogP) is 4.11. The summed E-state index contributed by atoms with van der Waals surface area (Å²) in [6.07, 6.45) is -10.7. The molecular formula is C12H11F5. The molecule has 1 aliphatic rings. The fraction of sp³-hybridized carbons (Fsp3) is 0.500. The minimum atomic E-state index is -5.27. The molecule has 0 amide bonds. The van der Waals surface area contributed by atoms with Crippen LogP contribution in [0, 0.1) is 17.6 Å². The van der Waals surface area contributed by atoms with E-state index in [1.807, 2.05) is 0 Å². The topological polar surface area (TPSA) is 0 Å². The number of halogens is 5. The highest BCUT2D eigenvalue weighted by Gasteiger charge is 2.39. The molecule has 0 heterocycles. The molecule has 0 bridgehead atoms. The van der Waals surface area contributed by atoms with Crippen LogP contribution in [0.4, 0.5) is 22.0 Å². The second kappa shape index (κ2) is 3.96. The molecule has 0 nitrogen and oxygen atoms in total. The summed E-state index contributed by atoms with van der Waals surface area (Å²) in [5, 5.41) is 0. The molecule has 0 aromatic heterocycles. The fourth-order valence-corrected chi connectivity index (χ4v) is 1.76. The van der Waals surface area contributed by atoms with Crippen LogP contribution in [-0.2, 0) is 19.0 Å². The first kappa shape index (κ1) is 8.06. The molecule has 2 rings (SSSR count). The van der Waals surface area contributed by atoms with Gasteiger partial charge in [-0.15, -0.1) is 0 Å². The lowest BCUT2D eigenvalue weighted by Gasteiger charge is -2.23. The molecule has 0 saturated carbocycles. The van der Waals surface area contributed by atoms with Gasteiger partial charge in [0.1, 0.15) is 17.2 Å². The van der Waals surface area contributed by atoms with Gasteiger partial charge in [-0.1, -0.05) is 6.92 Å². The molecule has 17 heavy (non-hydrogen) atoms. The molecule has 0 saturated heterocycles. The molecule has 1 aromatic carbocycles. The number of hydrogen-bond donors (Lipinski definition) is 0. The number of alkyl halides is 3. The van der Waals surface area contributed by atoms with E-state index < -0.39 is 59.6 Å². The lowest BCUT2D eigenvalue weighted by Crippen LogP contribution is -2.19. The van der Waals surface area contributed by atoms with E-state index in [4.69, 9.17) is 5.48 Å². The van der Waals surface area contributed by atoms with Crippen molar-refractivity contribution in [2.45, 2.75) is 32.3 Å². The molecule has 1 unspecified atom stereocenters. The average Bonchev–Trinajstić information content (AvgIpc) is 2.27.